The molecule has 0 radical (unpaired) electrons. The first-order chi connectivity index (χ1) is 4.92. The second-order valence-electron chi connectivity index (χ2n) is 3.75. The Morgan fingerprint density at radius 1 is 1.15 bits per heavy atom. The van der Waals surface area contributed by atoms with Gasteiger partial charge in [-0.2, -0.15) is 0 Å². The van der Waals surface area contributed by atoms with E-state index in [0.29, 0.717) is 5.96 Å². The molecule has 0 fully saturated rings. The summed E-state index contributed by atoms with van der Waals surface area (Å²) < 4.78 is 0.978. The third-order valence-electron chi connectivity index (χ3n) is 1.33. The van der Waals surface area contributed by atoms with Crippen LogP contribution in [-0.2, 0) is 0 Å². The first-order valence-corrected chi connectivity index (χ1v) is 3.84. The Morgan fingerprint density at radius 3 is 1.92 bits per heavy atom. The van der Waals surface area contributed by atoms with Gasteiger partial charge in [0.15, 0.2) is 0 Å². The highest BCUT2D eigenvalue weighted by molar-refractivity contribution is 5.69. The van der Waals surface area contributed by atoms with Crippen LogP contribution in [0.5, 0.6) is 0 Å². The molecule has 0 bridgehead atoms. The summed E-state index contributed by atoms with van der Waals surface area (Å²) in [7, 11) is 6.49. The lowest BCUT2D eigenvalue weighted by molar-refractivity contribution is -0.871. The topological polar surface area (TPSA) is 66.0 Å². The maximum absolute atomic E-state index is 5.22. The molecule has 82 valence electrons. The van der Waals surface area contributed by atoms with E-state index in [9.17, 15) is 0 Å². The number of quaternary nitrogens is 1. The second kappa shape index (κ2) is 9.25. The van der Waals surface area contributed by atoms with Gasteiger partial charge in [0.1, 0.15) is 0 Å². The normalized spacial score (nSPS) is 9.46. The highest BCUT2D eigenvalue weighted by atomic mass is 127. The summed E-state index contributed by atoms with van der Waals surface area (Å²) in [5, 5.41) is 0. The maximum atomic E-state index is 5.22. The molecule has 0 aliphatic heterocycles. The molecule has 0 aromatic rings. The summed E-state index contributed by atoms with van der Waals surface area (Å²) >= 11 is 0. The van der Waals surface area contributed by atoms with Crippen molar-refractivity contribution in [1.82, 2.24) is 0 Å². The standard InChI is InChI=1S/C7H19N4.2HI/c1-11(2,3)6-4-5-10-7(8)9;;/h4-6H2,1-3H3,(H4,8,9,10);2*1H/q+1;;/p-1. The maximum Gasteiger partial charge on any atom is 0.338 e. The van der Waals surface area contributed by atoms with Gasteiger partial charge in [0.25, 0.3) is 0 Å². The zero-order valence-electron chi connectivity index (χ0n) is 8.48. The Morgan fingerprint density at radius 2 is 1.62 bits per heavy atom. The average molecular weight is 414 g/mol. The Labute approximate surface area is 115 Å². The summed E-state index contributed by atoms with van der Waals surface area (Å²) in [5.74, 6) is 0.311. The predicted molar refractivity (Wildman–Crippen MR) is 46.7 cm³/mol. The summed E-state index contributed by atoms with van der Waals surface area (Å²) in [6.45, 7) is 1.98. The molecule has 0 heterocycles. The van der Waals surface area contributed by atoms with Crippen LogP contribution in [0, 0.1) is 0 Å². The SMILES string of the molecule is C[N+](C)(C)CCC[NH+]=C(N)N.[I-].[I-]. The van der Waals surface area contributed by atoms with Crippen LogP contribution in [0.15, 0.2) is 0 Å². The highest BCUT2D eigenvalue weighted by Crippen LogP contribution is 1.89. The van der Waals surface area contributed by atoms with Crippen LogP contribution in [0.2, 0.25) is 0 Å². The van der Waals surface area contributed by atoms with Crippen molar-refractivity contribution in [2.24, 2.45) is 11.5 Å². The number of halogens is 2. The molecule has 0 spiro atoms. The van der Waals surface area contributed by atoms with Crippen LogP contribution in [-0.4, -0.2) is 44.7 Å². The Kier molecular flexibility index (Phi) is 13.7. The third kappa shape index (κ3) is 19.2. The number of hydrogen-bond donors (Lipinski definition) is 3. The largest absolute Gasteiger partial charge is 1.00 e. The van der Waals surface area contributed by atoms with Crippen molar-refractivity contribution in [3.63, 3.8) is 0 Å². The van der Waals surface area contributed by atoms with Gasteiger partial charge in [-0.15, -0.1) is 0 Å². The minimum absolute atomic E-state index is 0. The molecule has 0 saturated carbocycles. The second-order valence-corrected chi connectivity index (χ2v) is 3.75. The molecule has 0 aromatic heterocycles. The van der Waals surface area contributed by atoms with Crippen LogP contribution in [0.1, 0.15) is 6.42 Å². The molecule has 0 aliphatic carbocycles. The lowest BCUT2D eigenvalue weighted by atomic mass is 10.4. The van der Waals surface area contributed by atoms with Crippen LogP contribution in [0.4, 0.5) is 0 Å². The monoisotopic (exact) mass is 414 g/mol. The fourth-order valence-corrected chi connectivity index (χ4v) is 0.786. The summed E-state index contributed by atoms with van der Waals surface area (Å²) in [6.07, 6.45) is 1.08. The number of nitrogens with one attached hydrogen (secondary N) is 1. The molecule has 13 heavy (non-hydrogen) atoms. The van der Waals surface area contributed by atoms with Gasteiger partial charge in [0.05, 0.1) is 34.2 Å². The molecule has 4 nitrogen and oxygen atoms in total. The highest BCUT2D eigenvalue weighted by Gasteiger charge is 2.04. The fourth-order valence-electron chi connectivity index (χ4n) is 0.786. The van der Waals surface area contributed by atoms with Crippen LogP contribution in [0.3, 0.4) is 0 Å². The van der Waals surface area contributed by atoms with Crippen molar-refractivity contribution in [2.45, 2.75) is 6.42 Å². The summed E-state index contributed by atoms with van der Waals surface area (Å²) in [4.78, 5) is 2.88. The van der Waals surface area contributed by atoms with Gasteiger partial charge in [-0.3, -0.25) is 16.5 Å². The molecule has 0 atom stereocenters. The third-order valence-corrected chi connectivity index (χ3v) is 1.33. The Bertz CT molecular complexity index is 138. The van der Waals surface area contributed by atoms with Crippen molar-refractivity contribution in [3.05, 3.63) is 0 Å². The van der Waals surface area contributed by atoms with Crippen LogP contribution in [0.25, 0.3) is 0 Å². The van der Waals surface area contributed by atoms with Gasteiger partial charge in [-0.25, -0.2) is 0 Å². The number of nitrogens with zero attached hydrogens (tertiary/aromatic N) is 1. The Hall–Kier alpha value is 0.690. The molecular formula is C7H20I2N4. The van der Waals surface area contributed by atoms with E-state index in [1.165, 1.54) is 0 Å². The predicted octanol–water partition coefficient (Wildman–Crippen LogP) is -8.56. The smallest absolute Gasteiger partial charge is 0.338 e. The first-order valence-electron chi connectivity index (χ1n) is 3.84. The molecule has 0 aliphatic rings. The van der Waals surface area contributed by atoms with Gasteiger partial charge < -0.3 is 52.4 Å². The fraction of sp³-hybridized carbons (Fsp3) is 0.857. The molecule has 0 aromatic carbocycles. The van der Waals surface area contributed by atoms with Crippen LogP contribution < -0.4 is 64.4 Å². The molecule has 5 N–H and O–H groups in total. The lowest BCUT2D eigenvalue weighted by Gasteiger charge is -2.22. The summed E-state index contributed by atoms with van der Waals surface area (Å²) in [5.41, 5.74) is 10.4. The zero-order chi connectivity index (χ0) is 8.91. The first kappa shape index (κ1) is 19.3. The van der Waals surface area contributed by atoms with E-state index >= 15 is 0 Å². The van der Waals surface area contributed by atoms with Gasteiger partial charge >= 0.3 is 5.96 Å². The van der Waals surface area contributed by atoms with E-state index in [2.05, 4.69) is 26.1 Å². The summed E-state index contributed by atoms with van der Waals surface area (Å²) in [6, 6.07) is 0. The van der Waals surface area contributed by atoms with Crippen molar-refractivity contribution < 1.29 is 57.4 Å². The van der Waals surface area contributed by atoms with E-state index in [0.717, 1.165) is 24.0 Å². The van der Waals surface area contributed by atoms with Gasteiger partial charge in [-0.05, 0) is 0 Å². The molecule has 0 saturated heterocycles. The molecule has 0 unspecified atom stereocenters. The molecule has 0 rings (SSSR count). The quantitative estimate of drug-likeness (QED) is 0.141. The van der Waals surface area contributed by atoms with Crippen molar-refractivity contribution in [2.75, 3.05) is 34.2 Å². The van der Waals surface area contributed by atoms with Gasteiger partial charge in [0, 0.05) is 6.42 Å². The number of nitrogens with two attached hydrogens (primary N) is 2. The number of rotatable bonds is 4. The van der Waals surface area contributed by atoms with Crippen molar-refractivity contribution in [1.29, 1.82) is 0 Å². The van der Waals surface area contributed by atoms with E-state index in [-0.39, 0.29) is 48.0 Å². The lowest BCUT2D eigenvalue weighted by Crippen LogP contribution is -3.00. The van der Waals surface area contributed by atoms with E-state index in [1.807, 2.05) is 0 Å². The van der Waals surface area contributed by atoms with E-state index < -0.39 is 0 Å². The van der Waals surface area contributed by atoms with Crippen LogP contribution >= 0.6 is 0 Å². The molecule has 0 amide bonds. The van der Waals surface area contributed by atoms with E-state index in [1.54, 1.807) is 0 Å². The Balaban J connectivity index is -0.000000500. The number of hydrogen-bond acceptors (Lipinski definition) is 0. The average Bonchev–Trinajstić information content (AvgIpc) is 1.78. The van der Waals surface area contributed by atoms with E-state index in [4.69, 9.17) is 11.5 Å². The van der Waals surface area contributed by atoms with Gasteiger partial charge in [-0.1, -0.05) is 0 Å². The molecular weight excluding hydrogens is 394 g/mol. The van der Waals surface area contributed by atoms with Crippen molar-refractivity contribution in [3.8, 4) is 0 Å². The molecule has 6 heteroatoms. The number of guanidine groups is 1. The zero-order valence-corrected chi connectivity index (χ0v) is 12.8. The minimum atomic E-state index is 0. The minimum Gasteiger partial charge on any atom is -1.00 e. The van der Waals surface area contributed by atoms with Crippen molar-refractivity contribution >= 4 is 5.96 Å². The van der Waals surface area contributed by atoms with Gasteiger partial charge in [0.2, 0.25) is 0 Å².